The van der Waals surface area contributed by atoms with Crippen LogP contribution in [0.1, 0.15) is 24.8 Å². The Morgan fingerprint density at radius 2 is 1.63 bits per heavy atom. The van der Waals surface area contributed by atoms with Crippen LogP contribution in [-0.4, -0.2) is 103 Å². The molecule has 1 aromatic carbocycles. The second-order valence-corrected chi connectivity index (χ2v) is 9.18. The van der Waals surface area contributed by atoms with E-state index in [1.54, 1.807) is 0 Å². The Morgan fingerprint density at radius 3 is 2.13 bits per heavy atom. The lowest BCUT2D eigenvalue weighted by Crippen LogP contribution is -2.54. The molecule has 1 aromatic rings. The molecule has 0 bridgehead atoms. The normalized spacial score (nSPS) is 21.9. The Bertz CT molecular complexity index is 829. The molecule has 1 saturated heterocycles. The van der Waals surface area contributed by atoms with E-state index in [2.05, 4.69) is 54.2 Å². The number of nitrogens with zero attached hydrogens (tertiary/aromatic N) is 2. The van der Waals surface area contributed by atoms with Crippen molar-refractivity contribution < 1.29 is 55.6 Å². The van der Waals surface area contributed by atoms with Crippen LogP contribution in [0.5, 0.6) is 0 Å². The molecule has 1 spiro atoms. The third-order valence-electron chi connectivity index (χ3n) is 5.92. The van der Waals surface area contributed by atoms with Crippen LogP contribution in [-0.2, 0) is 25.6 Å². The summed E-state index contributed by atoms with van der Waals surface area (Å²) in [4.78, 5) is 22.5. The van der Waals surface area contributed by atoms with E-state index in [0.717, 1.165) is 46.0 Å². The Morgan fingerprint density at radius 1 is 1.08 bits per heavy atom. The summed E-state index contributed by atoms with van der Waals surface area (Å²) in [5, 5.41) is 14.2. The van der Waals surface area contributed by atoms with E-state index in [4.69, 9.17) is 29.3 Å². The van der Waals surface area contributed by atoms with Gasteiger partial charge in [-0.2, -0.15) is 26.3 Å². The SMILES string of the molecule is CN(C)CCOC[C@H]1CCC[C@]12CN(Cc1ccccc1)CCO2.O=C(O)C(F)(F)F.O=C(O)C(F)(F)F. The molecule has 0 aromatic heterocycles. The first-order valence-electron chi connectivity index (χ1n) is 11.8. The maximum Gasteiger partial charge on any atom is 0.490 e. The third-order valence-corrected chi connectivity index (χ3v) is 5.92. The zero-order chi connectivity index (χ0) is 29.0. The highest BCUT2D eigenvalue weighted by Gasteiger charge is 2.47. The van der Waals surface area contributed by atoms with Crippen LogP contribution in [0.3, 0.4) is 0 Å². The highest BCUT2D eigenvalue weighted by Crippen LogP contribution is 2.41. The molecule has 2 N–H and O–H groups in total. The van der Waals surface area contributed by atoms with Gasteiger partial charge in [0.05, 0.1) is 25.4 Å². The maximum absolute atomic E-state index is 10.6. The highest BCUT2D eigenvalue weighted by atomic mass is 19.4. The van der Waals surface area contributed by atoms with Crippen molar-refractivity contribution in [2.75, 3.05) is 53.6 Å². The van der Waals surface area contributed by atoms with Gasteiger partial charge in [-0.3, -0.25) is 4.90 Å². The van der Waals surface area contributed by atoms with Crippen LogP contribution in [0, 0.1) is 5.92 Å². The number of carboxylic acid groups (broad SMARTS) is 2. The summed E-state index contributed by atoms with van der Waals surface area (Å²) in [5.41, 5.74) is 1.41. The van der Waals surface area contributed by atoms with Gasteiger partial charge in [0.1, 0.15) is 0 Å². The minimum atomic E-state index is -5.08. The van der Waals surface area contributed by atoms with Crippen molar-refractivity contribution in [2.45, 2.75) is 43.8 Å². The minimum absolute atomic E-state index is 0.0190. The summed E-state index contributed by atoms with van der Waals surface area (Å²) in [6, 6.07) is 10.8. The van der Waals surface area contributed by atoms with E-state index in [1.807, 2.05) is 0 Å². The van der Waals surface area contributed by atoms with Crippen LogP contribution >= 0.6 is 0 Å². The first-order valence-corrected chi connectivity index (χ1v) is 11.8. The summed E-state index contributed by atoms with van der Waals surface area (Å²) in [5.74, 6) is -4.97. The standard InChI is InChI=1S/C20H32N2O2.2C2HF3O2/c1-21(2)11-13-23-16-19-9-6-10-20(19)17-22(12-14-24-20)15-18-7-4-3-5-8-18;2*3-2(4,5)1(6)7/h3-5,7-8,19H,6,9-17H2,1-2H3;2*(H,6,7)/t19-,20+;;/m1../s1. The summed E-state index contributed by atoms with van der Waals surface area (Å²) in [6.45, 7) is 6.59. The van der Waals surface area contributed by atoms with E-state index >= 15 is 0 Å². The monoisotopic (exact) mass is 560 g/mol. The average Bonchev–Trinajstić information content (AvgIpc) is 3.18. The molecule has 218 valence electrons. The number of ether oxygens (including phenoxy) is 2. The molecule has 14 heteroatoms. The Balaban J connectivity index is 0.000000426. The van der Waals surface area contributed by atoms with E-state index in [0.29, 0.717) is 5.92 Å². The molecule has 0 amide bonds. The lowest BCUT2D eigenvalue weighted by Gasteiger charge is -2.44. The first kappa shape index (κ1) is 33.6. The summed E-state index contributed by atoms with van der Waals surface area (Å²) >= 11 is 0. The minimum Gasteiger partial charge on any atom is -0.475 e. The van der Waals surface area contributed by atoms with Gasteiger partial charge in [0.2, 0.25) is 0 Å². The average molecular weight is 561 g/mol. The van der Waals surface area contributed by atoms with Crippen molar-refractivity contribution in [1.82, 2.24) is 9.80 Å². The van der Waals surface area contributed by atoms with Gasteiger partial charge < -0.3 is 24.6 Å². The van der Waals surface area contributed by atoms with E-state index in [-0.39, 0.29) is 5.60 Å². The molecular formula is C24H34F6N2O6. The molecule has 8 nitrogen and oxygen atoms in total. The summed E-state index contributed by atoms with van der Waals surface area (Å²) < 4.78 is 75.8. The van der Waals surface area contributed by atoms with Crippen molar-refractivity contribution in [3.8, 4) is 0 Å². The van der Waals surface area contributed by atoms with E-state index < -0.39 is 24.3 Å². The Kier molecular flexibility index (Phi) is 13.5. The van der Waals surface area contributed by atoms with Gasteiger partial charge in [-0.15, -0.1) is 0 Å². The smallest absolute Gasteiger partial charge is 0.475 e. The van der Waals surface area contributed by atoms with Crippen molar-refractivity contribution in [1.29, 1.82) is 0 Å². The number of halogens is 6. The molecule has 2 aliphatic rings. The van der Waals surface area contributed by atoms with Crippen molar-refractivity contribution >= 4 is 11.9 Å². The van der Waals surface area contributed by atoms with Gasteiger partial charge in [0, 0.05) is 32.1 Å². The molecule has 1 heterocycles. The molecule has 1 aliphatic carbocycles. The third kappa shape index (κ3) is 12.4. The van der Waals surface area contributed by atoms with Crippen molar-refractivity contribution in [3.63, 3.8) is 0 Å². The number of aliphatic carboxylic acids is 2. The fraction of sp³-hybridized carbons (Fsp3) is 0.667. The number of rotatable bonds is 7. The number of likely N-dealkylation sites (N-methyl/N-ethyl adjacent to an activating group) is 1. The molecule has 38 heavy (non-hydrogen) atoms. The van der Waals surface area contributed by atoms with E-state index in [1.165, 1.54) is 24.8 Å². The Labute approximate surface area is 217 Å². The fourth-order valence-electron chi connectivity index (χ4n) is 4.08. The van der Waals surface area contributed by atoms with Gasteiger partial charge in [-0.25, -0.2) is 9.59 Å². The van der Waals surface area contributed by atoms with E-state index in [9.17, 15) is 26.3 Å². The number of hydrogen-bond acceptors (Lipinski definition) is 6. The predicted molar refractivity (Wildman–Crippen MR) is 124 cm³/mol. The number of alkyl halides is 6. The second-order valence-electron chi connectivity index (χ2n) is 9.18. The van der Waals surface area contributed by atoms with Crippen LogP contribution < -0.4 is 0 Å². The number of morpholine rings is 1. The second kappa shape index (κ2) is 15.2. The molecule has 1 saturated carbocycles. The predicted octanol–water partition coefficient (Wildman–Crippen LogP) is 3.90. The quantitative estimate of drug-likeness (QED) is 0.383. The molecule has 1 aliphatic heterocycles. The molecule has 2 atom stereocenters. The van der Waals surface area contributed by atoms with Crippen molar-refractivity contribution in [3.05, 3.63) is 35.9 Å². The zero-order valence-corrected chi connectivity index (χ0v) is 21.2. The van der Waals surface area contributed by atoms with Crippen LogP contribution in [0.2, 0.25) is 0 Å². The van der Waals surface area contributed by atoms with Gasteiger partial charge in [0.25, 0.3) is 0 Å². The molecule has 0 unspecified atom stereocenters. The molecule has 0 radical (unpaired) electrons. The number of carboxylic acids is 2. The van der Waals surface area contributed by atoms with Gasteiger partial charge in [0.15, 0.2) is 0 Å². The lowest BCUT2D eigenvalue weighted by molar-refractivity contribution is -0.193. The number of benzene rings is 1. The summed E-state index contributed by atoms with van der Waals surface area (Å²) in [6.07, 6.45) is -6.48. The summed E-state index contributed by atoms with van der Waals surface area (Å²) in [7, 11) is 4.18. The van der Waals surface area contributed by atoms with Crippen LogP contribution in [0.4, 0.5) is 26.3 Å². The van der Waals surface area contributed by atoms with Gasteiger partial charge in [-0.05, 0) is 32.5 Å². The van der Waals surface area contributed by atoms with Gasteiger partial charge in [-0.1, -0.05) is 36.8 Å². The fourth-order valence-corrected chi connectivity index (χ4v) is 4.08. The van der Waals surface area contributed by atoms with Crippen LogP contribution in [0.25, 0.3) is 0 Å². The van der Waals surface area contributed by atoms with Gasteiger partial charge >= 0.3 is 24.3 Å². The zero-order valence-electron chi connectivity index (χ0n) is 21.2. The topological polar surface area (TPSA) is 99.5 Å². The van der Waals surface area contributed by atoms with Crippen LogP contribution in [0.15, 0.2) is 30.3 Å². The first-order chi connectivity index (χ1) is 17.6. The number of carbonyl (C=O) groups is 2. The number of hydrogen-bond donors (Lipinski definition) is 2. The van der Waals surface area contributed by atoms with Crippen molar-refractivity contribution in [2.24, 2.45) is 5.92 Å². The highest BCUT2D eigenvalue weighted by molar-refractivity contribution is 5.73. The maximum atomic E-state index is 10.6. The molecule has 3 rings (SSSR count). The largest absolute Gasteiger partial charge is 0.490 e. The molecule has 2 fully saturated rings. The lowest BCUT2D eigenvalue weighted by atomic mass is 9.89. The Hall–Kier alpha value is -2.42. The molecular weight excluding hydrogens is 526 g/mol.